The zero-order chi connectivity index (χ0) is 19.8. The van der Waals surface area contributed by atoms with Gasteiger partial charge in [0.25, 0.3) is 0 Å². The van der Waals surface area contributed by atoms with Gasteiger partial charge in [-0.05, 0) is 19.9 Å². The SMILES string of the molecule is Cc1nn(CC(=O)Nc2nc(-c3c[nH]c4ccccc34)cs2)c(C)c1[N+](=O)[O-]. The van der Waals surface area contributed by atoms with E-state index in [1.54, 1.807) is 13.8 Å². The number of aromatic nitrogens is 4. The molecule has 9 nitrogen and oxygen atoms in total. The van der Waals surface area contributed by atoms with E-state index in [1.807, 2.05) is 35.8 Å². The lowest BCUT2D eigenvalue weighted by atomic mass is 10.1. The lowest BCUT2D eigenvalue weighted by Crippen LogP contribution is -2.20. The van der Waals surface area contributed by atoms with E-state index in [4.69, 9.17) is 0 Å². The lowest BCUT2D eigenvalue weighted by molar-refractivity contribution is -0.386. The second kappa shape index (κ2) is 6.89. The highest BCUT2D eigenvalue weighted by molar-refractivity contribution is 7.14. The van der Waals surface area contributed by atoms with Crippen molar-refractivity contribution in [1.82, 2.24) is 19.7 Å². The highest BCUT2D eigenvalue weighted by atomic mass is 32.1. The molecule has 0 radical (unpaired) electrons. The first-order chi connectivity index (χ1) is 13.4. The minimum atomic E-state index is -0.486. The summed E-state index contributed by atoms with van der Waals surface area (Å²) in [6.45, 7) is 3.00. The van der Waals surface area contributed by atoms with Crippen molar-refractivity contribution < 1.29 is 9.72 Å². The minimum absolute atomic E-state index is 0.0660. The van der Waals surface area contributed by atoms with Crippen molar-refractivity contribution in [3.63, 3.8) is 0 Å². The van der Waals surface area contributed by atoms with Crippen LogP contribution in [-0.2, 0) is 11.3 Å². The molecule has 28 heavy (non-hydrogen) atoms. The zero-order valence-electron chi connectivity index (χ0n) is 15.1. The first-order valence-corrected chi connectivity index (χ1v) is 9.32. The third-order valence-corrected chi connectivity index (χ3v) is 5.19. The molecule has 0 spiro atoms. The van der Waals surface area contributed by atoms with Crippen LogP contribution in [0.15, 0.2) is 35.8 Å². The van der Waals surface area contributed by atoms with E-state index in [0.717, 1.165) is 22.2 Å². The van der Waals surface area contributed by atoms with Crippen molar-refractivity contribution in [2.24, 2.45) is 0 Å². The number of H-pyrrole nitrogens is 1. The van der Waals surface area contributed by atoms with Crippen LogP contribution in [-0.4, -0.2) is 30.6 Å². The van der Waals surface area contributed by atoms with Gasteiger partial charge in [-0.25, -0.2) is 4.98 Å². The molecule has 142 valence electrons. The van der Waals surface area contributed by atoms with E-state index in [9.17, 15) is 14.9 Å². The number of nitrogens with zero attached hydrogens (tertiary/aromatic N) is 4. The molecule has 0 atom stereocenters. The van der Waals surface area contributed by atoms with Gasteiger partial charge in [0, 0.05) is 28.0 Å². The molecule has 0 aliphatic rings. The van der Waals surface area contributed by atoms with Crippen LogP contribution in [0.3, 0.4) is 0 Å². The quantitative estimate of drug-likeness (QED) is 0.394. The Kier molecular flexibility index (Phi) is 4.40. The van der Waals surface area contributed by atoms with Gasteiger partial charge in [-0.3, -0.25) is 19.6 Å². The van der Waals surface area contributed by atoms with Crippen LogP contribution in [0, 0.1) is 24.0 Å². The lowest BCUT2D eigenvalue weighted by Gasteiger charge is -2.03. The van der Waals surface area contributed by atoms with E-state index >= 15 is 0 Å². The predicted octanol–water partition coefficient (Wildman–Crippen LogP) is 3.65. The van der Waals surface area contributed by atoms with Crippen LogP contribution >= 0.6 is 11.3 Å². The average Bonchev–Trinajstić information content (AvgIpc) is 3.33. The number of thiazole rings is 1. The van der Waals surface area contributed by atoms with E-state index < -0.39 is 4.92 Å². The van der Waals surface area contributed by atoms with Gasteiger partial charge in [0.1, 0.15) is 17.9 Å². The molecule has 1 amide bonds. The Balaban J connectivity index is 1.51. The van der Waals surface area contributed by atoms with Crippen LogP contribution < -0.4 is 5.32 Å². The molecule has 0 saturated carbocycles. The van der Waals surface area contributed by atoms with Crippen molar-refractivity contribution >= 4 is 39.0 Å². The number of anilines is 1. The number of hydrogen-bond donors (Lipinski definition) is 2. The summed E-state index contributed by atoms with van der Waals surface area (Å²) in [5.74, 6) is -0.347. The first-order valence-electron chi connectivity index (χ1n) is 8.44. The molecule has 0 unspecified atom stereocenters. The van der Waals surface area contributed by atoms with Crippen molar-refractivity contribution in [2.45, 2.75) is 20.4 Å². The van der Waals surface area contributed by atoms with E-state index in [1.165, 1.54) is 16.0 Å². The third-order valence-electron chi connectivity index (χ3n) is 4.43. The van der Waals surface area contributed by atoms with Gasteiger partial charge < -0.3 is 10.3 Å². The number of nitro groups is 1. The Morgan fingerprint density at radius 1 is 1.36 bits per heavy atom. The molecule has 0 saturated heterocycles. The number of carbonyl (C=O) groups is 1. The monoisotopic (exact) mass is 396 g/mol. The maximum absolute atomic E-state index is 12.4. The molecule has 4 aromatic rings. The van der Waals surface area contributed by atoms with Gasteiger partial charge in [-0.1, -0.05) is 18.2 Å². The van der Waals surface area contributed by atoms with Gasteiger partial charge in [-0.2, -0.15) is 5.10 Å². The molecule has 3 aromatic heterocycles. The van der Waals surface area contributed by atoms with Crippen molar-refractivity contribution in [1.29, 1.82) is 0 Å². The van der Waals surface area contributed by atoms with Crippen LogP contribution in [0.5, 0.6) is 0 Å². The molecular weight excluding hydrogens is 380 g/mol. The largest absolute Gasteiger partial charge is 0.360 e. The van der Waals surface area contributed by atoms with Crippen LogP contribution in [0.2, 0.25) is 0 Å². The summed E-state index contributed by atoms with van der Waals surface area (Å²) in [6, 6.07) is 7.91. The third kappa shape index (κ3) is 3.14. The van der Waals surface area contributed by atoms with Crippen molar-refractivity contribution in [3.05, 3.63) is 57.3 Å². The average molecular weight is 396 g/mol. The van der Waals surface area contributed by atoms with E-state index in [2.05, 4.69) is 20.4 Å². The predicted molar refractivity (Wildman–Crippen MR) is 106 cm³/mol. The van der Waals surface area contributed by atoms with Crippen LogP contribution in [0.4, 0.5) is 10.8 Å². The number of carbonyl (C=O) groups excluding carboxylic acids is 1. The smallest absolute Gasteiger partial charge is 0.312 e. The number of aromatic amines is 1. The van der Waals surface area contributed by atoms with E-state index in [0.29, 0.717) is 10.8 Å². The number of amides is 1. The normalized spacial score (nSPS) is 11.1. The first kappa shape index (κ1) is 17.9. The summed E-state index contributed by atoms with van der Waals surface area (Å²) >= 11 is 1.32. The maximum atomic E-state index is 12.4. The molecule has 10 heteroatoms. The Labute approximate surface area is 163 Å². The number of hydrogen-bond acceptors (Lipinski definition) is 6. The summed E-state index contributed by atoms with van der Waals surface area (Å²) in [4.78, 5) is 30.6. The molecule has 0 bridgehead atoms. The second-order valence-corrected chi connectivity index (χ2v) is 7.13. The van der Waals surface area contributed by atoms with Crippen molar-refractivity contribution in [3.8, 4) is 11.3 Å². The fourth-order valence-corrected chi connectivity index (χ4v) is 3.87. The number of para-hydroxylation sites is 1. The number of fused-ring (bicyclic) bond motifs is 1. The zero-order valence-corrected chi connectivity index (χ0v) is 15.9. The molecule has 0 aliphatic heterocycles. The summed E-state index contributed by atoms with van der Waals surface area (Å²) in [5, 5.41) is 21.3. The standard InChI is InChI=1S/C18H16N6O3S/c1-10-17(24(26)27)11(2)23(22-10)8-16(25)21-18-20-15(9-28-18)13-7-19-14-6-4-3-5-12(13)14/h3-7,9,19H,8H2,1-2H3,(H,20,21,25). The molecule has 0 aliphatic carbocycles. The molecule has 2 N–H and O–H groups in total. The molecular formula is C18H16N6O3S. The Morgan fingerprint density at radius 3 is 2.89 bits per heavy atom. The second-order valence-electron chi connectivity index (χ2n) is 6.27. The number of nitrogens with one attached hydrogen (secondary N) is 2. The maximum Gasteiger partial charge on any atom is 0.312 e. The van der Waals surface area contributed by atoms with Crippen molar-refractivity contribution in [2.75, 3.05) is 5.32 Å². The van der Waals surface area contributed by atoms with Gasteiger partial charge in [0.05, 0.1) is 10.6 Å². The Bertz CT molecular complexity index is 1210. The number of benzene rings is 1. The summed E-state index contributed by atoms with van der Waals surface area (Å²) in [6.07, 6.45) is 1.89. The summed E-state index contributed by atoms with van der Waals surface area (Å²) in [7, 11) is 0. The van der Waals surface area contributed by atoms with Gasteiger partial charge in [0.2, 0.25) is 5.91 Å². The Morgan fingerprint density at radius 2 is 2.14 bits per heavy atom. The summed E-state index contributed by atoms with van der Waals surface area (Å²) < 4.78 is 1.33. The van der Waals surface area contributed by atoms with Crippen LogP contribution in [0.25, 0.3) is 22.2 Å². The van der Waals surface area contributed by atoms with Gasteiger partial charge >= 0.3 is 5.69 Å². The molecule has 0 fully saturated rings. The minimum Gasteiger partial charge on any atom is -0.360 e. The van der Waals surface area contributed by atoms with Gasteiger partial charge in [0.15, 0.2) is 5.13 Å². The summed E-state index contributed by atoms with van der Waals surface area (Å²) in [5.41, 5.74) is 3.30. The van der Waals surface area contributed by atoms with Gasteiger partial charge in [-0.15, -0.1) is 11.3 Å². The highest BCUT2D eigenvalue weighted by Crippen LogP contribution is 2.31. The molecule has 3 heterocycles. The number of aryl methyl sites for hydroxylation is 1. The van der Waals surface area contributed by atoms with E-state index in [-0.39, 0.29) is 23.8 Å². The Hall–Kier alpha value is -3.53. The number of rotatable bonds is 5. The fraction of sp³-hybridized carbons (Fsp3) is 0.167. The molecule has 4 rings (SSSR count). The topological polar surface area (TPSA) is 119 Å². The fourth-order valence-electron chi connectivity index (χ4n) is 3.14. The molecule has 1 aromatic carbocycles. The highest BCUT2D eigenvalue weighted by Gasteiger charge is 2.23. The van der Waals surface area contributed by atoms with Crippen LogP contribution in [0.1, 0.15) is 11.4 Å².